The summed E-state index contributed by atoms with van der Waals surface area (Å²) >= 11 is 6.19. The molecule has 1 amide bonds. The lowest BCUT2D eigenvalue weighted by atomic mass is 10.2. The van der Waals surface area contributed by atoms with Crippen LogP contribution in [0.4, 0.5) is 5.69 Å². The van der Waals surface area contributed by atoms with Crippen LogP contribution in [0.1, 0.15) is 36.2 Å². The van der Waals surface area contributed by atoms with Gasteiger partial charge in [0.25, 0.3) is 5.91 Å². The Morgan fingerprint density at radius 3 is 2.50 bits per heavy atom. The van der Waals surface area contributed by atoms with E-state index in [1.54, 1.807) is 19.1 Å². The molecule has 2 rings (SSSR count). The van der Waals surface area contributed by atoms with Crippen LogP contribution in [-0.2, 0) is 9.53 Å². The van der Waals surface area contributed by atoms with Gasteiger partial charge in [0, 0.05) is 0 Å². The number of carbonyl (C=O) groups excluding carboxylic acids is 2. The van der Waals surface area contributed by atoms with Crippen molar-refractivity contribution in [2.45, 2.75) is 33.3 Å². The van der Waals surface area contributed by atoms with E-state index in [9.17, 15) is 9.59 Å². The number of esters is 1. The molecule has 26 heavy (non-hydrogen) atoms. The summed E-state index contributed by atoms with van der Waals surface area (Å²) in [5, 5.41) is 3.01. The minimum atomic E-state index is -0.656. The van der Waals surface area contributed by atoms with Gasteiger partial charge in [-0.3, -0.25) is 4.79 Å². The summed E-state index contributed by atoms with van der Waals surface area (Å²) in [6.45, 7) is 5.80. The summed E-state index contributed by atoms with van der Waals surface area (Å²) in [7, 11) is 0. The fraction of sp³-hybridized carbons (Fsp3) is 0.300. The van der Waals surface area contributed by atoms with Gasteiger partial charge in [0.1, 0.15) is 5.75 Å². The summed E-state index contributed by atoms with van der Waals surface area (Å²) in [4.78, 5) is 24.3. The third-order valence-electron chi connectivity index (χ3n) is 3.76. The Bertz CT molecular complexity index is 791. The Kier molecular flexibility index (Phi) is 7.04. The van der Waals surface area contributed by atoms with Crippen LogP contribution in [0.2, 0.25) is 5.02 Å². The Labute approximate surface area is 158 Å². The van der Waals surface area contributed by atoms with Gasteiger partial charge < -0.3 is 14.8 Å². The average molecular weight is 376 g/mol. The van der Waals surface area contributed by atoms with Crippen LogP contribution in [-0.4, -0.2) is 24.6 Å². The van der Waals surface area contributed by atoms with Crippen LogP contribution in [0.25, 0.3) is 0 Å². The number of carbonyl (C=O) groups is 2. The number of para-hydroxylation sites is 1. The lowest BCUT2D eigenvalue weighted by Gasteiger charge is -2.19. The maximum atomic E-state index is 12.5. The highest BCUT2D eigenvalue weighted by molar-refractivity contribution is 6.34. The van der Waals surface area contributed by atoms with Gasteiger partial charge in [0.2, 0.25) is 0 Å². The van der Waals surface area contributed by atoms with Crippen LogP contribution in [0.5, 0.6) is 5.75 Å². The molecule has 0 aromatic heterocycles. The number of amides is 1. The van der Waals surface area contributed by atoms with Crippen molar-refractivity contribution in [2.24, 2.45) is 0 Å². The normalized spacial score (nSPS) is 11.5. The smallest absolute Gasteiger partial charge is 0.338 e. The second kappa shape index (κ2) is 9.25. The number of nitrogens with one attached hydrogen (secondary N) is 1. The van der Waals surface area contributed by atoms with Crippen molar-refractivity contribution < 1.29 is 19.1 Å². The molecule has 0 spiro atoms. The van der Waals surface area contributed by atoms with Gasteiger partial charge in [-0.25, -0.2) is 4.79 Å². The Morgan fingerprint density at radius 1 is 1.15 bits per heavy atom. The SMILES string of the molecule is CCOC(=O)c1ccc(NC(=O)[C@@H](CC)Oc2ccccc2C)c(Cl)c1. The lowest BCUT2D eigenvalue weighted by molar-refractivity contribution is -0.122. The number of ether oxygens (including phenoxy) is 2. The molecule has 0 aliphatic heterocycles. The number of benzene rings is 2. The number of halogens is 1. The predicted octanol–water partition coefficient (Wildman–Crippen LogP) is 4.62. The summed E-state index contributed by atoms with van der Waals surface area (Å²) in [5.41, 5.74) is 1.70. The molecule has 0 aliphatic carbocycles. The highest BCUT2D eigenvalue weighted by atomic mass is 35.5. The summed E-state index contributed by atoms with van der Waals surface area (Å²) in [5.74, 6) is -0.0959. The van der Waals surface area contributed by atoms with E-state index in [1.165, 1.54) is 6.07 Å². The molecule has 1 atom stereocenters. The predicted molar refractivity (Wildman–Crippen MR) is 102 cm³/mol. The van der Waals surface area contributed by atoms with Gasteiger partial charge >= 0.3 is 5.97 Å². The molecule has 2 aromatic carbocycles. The molecular formula is C20H22ClNO4. The fourth-order valence-electron chi connectivity index (χ4n) is 2.34. The number of aryl methyl sites for hydroxylation is 1. The van der Waals surface area contributed by atoms with Gasteiger partial charge in [0.05, 0.1) is 22.9 Å². The van der Waals surface area contributed by atoms with Crippen molar-refractivity contribution in [1.82, 2.24) is 0 Å². The van der Waals surface area contributed by atoms with Crippen molar-refractivity contribution >= 4 is 29.2 Å². The van der Waals surface area contributed by atoms with E-state index in [0.717, 1.165) is 5.56 Å². The number of hydrogen-bond donors (Lipinski definition) is 1. The zero-order chi connectivity index (χ0) is 19.1. The first kappa shape index (κ1) is 19.8. The van der Waals surface area contributed by atoms with Crippen LogP contribution < -0.4 is 10.1 Å². The van der Waals surface area contributed by atoms with Gasteiger partial charge in [-0.05, 0) is 50.1 Å². The van der Waals surface area contributed by atoms with Gasteiger partial charge in [0.15, 0.2) is 6.10 Å². The highest BCUT2D eigenvalue weighted by Gasteiger charge is 2.20. The Balaban J connectivity index is 2.10. The maximum absolute atomic E-state index is 12.5. The number of anilines is 1. The van der Waals surface area contributed by atoms with Gasteiger partial charge in [-0.2, -0.15) is 0 Å². The van der Waals surface area contributed by atoms with E-state index in [-0.39, 0.29) is 17.5 Å². The summed E-state index contributed by atoms with van der Waals surface area (Å²) < 4.78 is 10.8. The molecule has 0 fully saturated rings. The Morgan fingerprint density at radius 2 is 1.88 bits per heavy atom. The molecule has 0 aliphatic rings. The zero-order valence-electron chi connectivity index (χ0n) is 15.0. The molecule has 5 nitrogen and oxygen atoms in total. The monoisotopic (exact) mass is 375 g/mol. The molecule has 6 heteroatoms. The second-order valence-corrected chi connectivity index (χ2v) is 6.09. The first-order chi connectivity index (χ1) is 12.5. The topological polar surface area (TPSA) is 64.6 Å². The molecule has 0 bridgehead atoms. The molecule has 138 valence electrons. The highest BCUT2D eigenvalue weighted by Crippen LogP contribution is 2.25. The van der Waals surface area contributed by atoms with E-state index >= 15 is 0 Å². The first-order valence-corrected chi connectivity index (χ1v) is 8.83. The van der Waals surface area contributed by atoms with Crippen molar-refractivity contribution in [3.05, 3.63) is 58.6 Å². The lowest BCUT2D eigenvalue weighted by Crippen LogP contribution is -2.32. The average Bonchev–Trinajstić information content (AvgIpc) is 2.62. The quantitative estimate of drug-likeness (QED) is 0.717. The summed E-state index contributed by atoms with van der Waals surface area (Å²) in [6, 6.07) is 12.1. The van der Waals surface area contributed by atoms with E-state index in [0.29, 0.717) is 23.4 Å². The van der Waals surface area contributed by atoms with Crippen LogP contribution >= 0.6 is 11.6 Å². The van der Waals surface area contributed by atoms with Gasteiger partial charge in [-0.1, -0.05) is 36.7 Å². The van der Waals surface area contributed by atoms with Crippen LogP contribution in [0, 0.1) is 6.92 Å². The van der Waals surface area contributed by atoms with Crippen molar-refractivity contribution in [3.8, 4) is 5.75 Å². The third-order valence-corrected chi connectivity index (χ3v) is 4.08. The molecule has 1 N–H and O–H groups in total. The summed E-state index contributed by atoms with van der Waals surface area (Å²) in [6.07, 6.45) is -0.157. The third kappa shape index (κ3) is 4.99. The van der Waals surface area contributed by atoms with E-state index in [2.05, 4.69) is 5.32 Å². The van der Waals surface area contributed by atoms with Crippen molar-refractivity contribution in [3.63, 3.8) is 0 Å². The minimum Gasteiger partial charge on any atom is -0.480 e. The second-order valence-electron chi connectivity index (χ2n) is 5.68. The number of rotatable bonds is 7. The minimum absolute atomic E-state index is 0.259. The van der Waals surface area contributed by atoms with Gasteiger partial charge in [-0.15, -0.1) is 0 Å². The largest absolute Gasteiger partial charge is 0.480 e. The van der Waals surface area contributed by atoms with E-state index < -0.39 is 12.1 Å². The molecule has 2 aromatic rings. The molecular weight excluding hydrogens is 354 g/mol. The van der Waals surface area contributed by atoms with E-state index in [4.69, 9.17) is 21.1 Å². The molecule has 0 unspecified atom stereocenters. The fourth-order valence-corrected chi connectivity index (χ4v) is 2.56. The van der Waals surface area contributed by atoms with Crippen LogP contribution in [0.15, 0.2) is 42.5 Å². The molecule has 0 radical (unpaired) electrons. The Hall–Kier alpha value is -2.53. The molecule has 0 saturated carbocycles. The standard InChI is InChI=1S/C20H22ClNO4/c1-4-17(26-18-9-7-6-8-13(18)3)19(23)22-16-11-10-14(12-15(16)21)20(24)25-5-2/h6-12,17H,4-5H2,1-3H3,(H,22,23)/t17-/m1/s1. The zero-order valence-corrected chi connectivity index (χ0v) is 15.8. The van der Waals surface area contributed by atoms with E-state index in [1.807, 2.05) is 38.1 Å². The van der Waals surface area contributed by atoms with Crippen molar-refractivity contribution in [1.29, 1.82) is 0 Å². The van der Waals surface area contributed by atoms with Crippen molar-refractivity contribution in [2.75, 3.05) is 11.9 Å². The van der Waals surface area contributed by atoms with Crippen LogP contribution in [0.3, 0.4) is 0 Å². The first-order valence-electron chi connectivity index (χ1n) is 8.46. The number of hydrogen-bond acceptors (Lipinski definition) is 4. The maximum Gasteiger partial charge on any atom is 0.338 e. The molecule has 0 saturated heterocycles. The molecule has 0 heterocycles.